The molecule has 0 unspecified atom stereocenters. The van der Waals surface area contributed by atoms with E-state index in [1.165, 1.54) is 17.7 Å². The summed E-state index contributed by atoms with van der Waals surface area (Å²) >= 11 is 0. The van der Waals surface area contributed by atoms with E-state index in [4.69, 9.17) is 0 Å². The zero-order valence-electron chi connectivity index (χ0n) is 16.4. The Balaban J connectivity index is 1.47. The number of urea groups is 1. The van der Waals surface area contributed by atoms with Crippen LogP contribution in [0.2, 0.25) is 0 Å². The first-order valence-corrected chi connectivity index (χ1v) is 10.0. The highest BCUT2D eigenvalue weighted by atomic mass is 19.1. The smallest absolute Gasteiger partial charge is 0.321 e. The maximum atomic E-state index is 13.6. The van der Waals surface area contributed by atoms with Crippen LogP contribution in [0.1, 0.15) is 42.0 Å². The third kappa shape index (κ3) is 2.42. The van der Waals surface area contributed by atoms with Crippen molar-refractivity contribution >= 4 is 6.03 Å². The Morgan fingerprint density at radius 1 is 1.14 bits per heavy atom. The van der Waals surface area contributed by atoms with Gasteiger partial charge >= 0.3 is 6.03 Å². The Morgan fingerprint density at radius 2 is 1.82 bits per heavy atom. The SMILES string of the molecule is CNC12CC(N(C)C(=O)N3CCc4ccccc4[C@@H]3c3ccc(F)cc3)(C1)C2. The first-order valence-electron chi connectivity index (χ1n) is 10.0. The molecule has 1 aliphatic heterocycles. The Kier molecular flexibility index (Phi) is 3.82. The predicted octanol–water partition coefficient (Wildman–Crippen LogP) is 3.72. The zero-order chi connectivity index (χ0) is 19.5. The number of rotatable bonds is 3. The van der Waals surface area contributed by atoms with Crippen LogP contribution >= 0.6 is 0 Å². The number of carbonyl (C=O) groups excluding carboxylic acids is 1. The molecule has 4 aliphatic rings. The minimum absolute atomic E-state index is 0.00437. The average Bonchev–Trinajstić information content (AvgIpc) is 2.65. The first kappa shape index (κ1) is 17.7. The minimum Gasteiger partial charge on any atom is -0.322 e. The highest BCUT2D eigenvalue weighted by molar-refractivity contribution is 5.78. The third-order valence-corrected chi connectivity index (χ3v) is 7.25. The van der Waals surface area contributed by atoms with Gasteiger partial charge in [-0.25, -0.2) is 9.18 Å². The van der Waals surface area contributed by atoms with Gasteiger partial charge in [0, 0.05) is 24.7 Å². The molecule has 1 heterocycles. The molecule has 4 nitrogen and oxygen atoms in total. The van der Waals surface area contributed by atoms with Crippen LogP contribution in [0.5, 0.6) is 0 Å². The Labute approximate surface area is 165 Å². The van der Waals surface area contributed by atoms with E-state index in [0.29, 0.717) is 6.54 Å². The van der Waals surface area contributed by atoms with Crippen molar-refractivity contribution in [3.63, 3.8) is 0 Å². The number of benzene rings is 2. The number of hydrogen-bond donors (Lipinski definition) is 1. The predicted molar refractivity (Wildman–Crippen MR) is 107 cm³/mol. The fourth-order valence-electron chi connectivity index (χ4n) is 5.53. The summed E-state index contributed by atoms with van der Waals surface area (Å²) in [6.07, 6.45) is 3.94. The summed E-state index contributed by atoms with van der Waals surface area (Å²) in [4.78, 5) is 17.5. The summed E-state index contributed by atoms with van der Waals surface area (Å²) in [5, 5.41) is 3.41. The molecule has 0 saturated heterocycles. The second kappa shape index (κ2) is 6.05. The van der Waals surface area contributed by atoms with E-state index in [2.05, 4.69) is 17.4 Å². The Morgan fingerprint density at radius 3 is 2.50 bits per heavy atom. The highest BCUT2D eigenvalue weighted by Gasteiger charge is 2.70. The summed E-state index contributed by atoms with van der Waals surface area (Å²) in [6.45, 7) is 0.676. The van der Waals surface area contributed by atoms with Crippen molar-refractivity contribution in [3.8, 4) is 0 Å². The number of hydrogen-bond acceptors (Lipinski definition) is 2. The molecule has 1 N–H and O–H groups in total. The number of carbonyl (C=O) groups is 1. The van der Waals surface area contributed by atoms with E-state index in [9.17, 15) is 9.18 Å². The van der Waals surface area contributed by atoms with Crippen LogP contribution in [0.25, 0.3) is 0 Å². The lowest BCUT2D eigenvalue weighted by molar-refractivity contribution is -0.153. The number of nitrogens with zero attached hydrogens (tertiary/aromatic N) is 2. The summed E-state index contributed by atoms with van der Waals surface area (Å²) in [5.41, 5.74) is 3.62. The molecule has 2 aromatic carbocycles. The van der Waals surface area contributed by atoms with Gasteiger partial charge in [-0.2, -0.15) is 0 Å². The molecule has 3 aliphatic carbocycles. The number of fused-ring (bicyclic) bond motifs is 1. The molecule has 28 heavy (non-hydrogen) atoms. The van der Waals surface area contributed by atoms with Gasteiger partial charge in [0.15, 0.2) is 0 Å². The van der Waals surface area contributed by atoms with Gasteiger partial charge in [0.1, 0.15) is 5.82 Å². The molecule has 3 saturated carbocycles. The van der Waals surface area contributed by atoms with Crippen LogP contribution in [-0.2, 0) is 6.42 Å². The monoisotopic (exact) mass is 379 g/mol. The fraction of sp³-hybridized carbons (Fsp3) is 0.435. The van der Waals surface area contributed by atoms with Gasteiger partial charge in [0.25, 0.3) is 0 Å². The van der Waals surface area contributed by atoms with Crippen molar-refractivity contribution < 1.29 is 9.18 Å². The van der Waals surface area contributed by atoms with Crippen molar-refractivity contribution in [1.29, 1.82) is 0 Å². The van der Waals surface area contributed by atoms with Crippen LogP contribution in [0.3, 0.4) is 0 Å². The van der Waals surface area contributed by atoms with Gasteiger partial charge in [-0.3, -0.25) is 0 Å². The van der Waals surface area contributed by atoms with E-state index in [0.717, 1.165) is 36.8 Å². The second-order valence-electron chi connectivity index (χ2n) is 8.72. The van der Waals surface area contributed by atoms with Gasteiger partial charge < -0.3 is 15.1 Å². The standard InChI is InChI=1S/C23H26FN3O/c1-25-22-13-23(14-22,15-22)26(2)21(28)27-12-11-16-5-3-4-6-19(16)20(27)17-7-9-18(24)10-8-17/h3-10,20,25H,11-15H2,1-2H3/t20-,22?,23?/m0/s1. The zero-order valence-corrected chi connectivity index (χ0v) is 16.4. The van der Waals surface area contributed by atoms with Gasteiger partial charge in [-0.05, 0) is 61.6 Å². The fourth-order valence-corrected chi connectivity index (χ4v) is 5.53. The lowest BCUT2D eigenvalue weighted by Gasteiger charge is -2.73. The van der Waals surface area contributed by atoms with Crippen LogP contribution in [0, 0.1) is 5.82 Å². The van der Waals surface area contributed by atoms with Crippen LogP contribution < -0.4 is 5.32 Å². The lowest BCUT2D eigenvalue weighted by atomic mass is 9.43. The number of halogens is 1. The molecule has 0 aromatic heterocycles. The van der Waals surface area contributed by atoms with Gasteiger partial charge in [-0.1, -0.05) is 36.4 Å². The van der Waals surface area contributed by atoms with Crippen molar-refractivity contribution in [2.24, 2.45) is 0 Å². The van der Waals surface area contributed by atoms with Crippen molar-refractivity contribution in [2.45, 2.75) is 42.8 Å². The van der Waals surface area contributed by atoms with E-state index in [1.54, 1.807) is 12.1 Å². The molecule has 2 bridgehead atoms. The molecular formula is C23H26FN3O. The maximum absolute atomic E-state index is 13.6. The molecule has 5 heteroatoms. The average molecular weight is 379 g/mol. The van der Waals surface area contributed by atoms with Gasteiger partial charge in [0.2, 0.25) is 0 Å². The molecule has 0 radical (unpaired) electrons. The molecule has 3 fully saturated rings. The van der Waals surface area contributed by atoms with Crippen molar-refractivity contribution in [1.82, 2.24) is 15.1 Å². The summed E-state index contributed by atoms with van der Waals surface area (Å²) < 4.78 is 13.5. The van der Waals surface area contributed by atoms with Crippen LogP contribution in [-0.4, -0.2) is 47.5 Å². The molecular weight excluding hydrogens is 353 g/mol. The summed E-state index contributed by atoms with van der Waals surface area (Å²) in [5.74, 6) is -0.255. The molecule has 2 amide bonds. The first-order chi connectivity index (χ1) is 13.5. The van der Waals surface area contributed by atoms with Gasteiger partial charge in [-0.15, -0.1) is 0 Å². The van der Waals surface area contributed by atoms with E-state index in [-0.39, 0.29) is 29.0 Å². The molecule has 146 valence electrons. The number of amides is 2. The minimum atomic E-state index is -0.255. The molecule has 2 aromatic rings. The molecule has 0 spiro atoms. The van der Waals surface area contributed by atoms with Crippen LogP contribution in [0.4, 0.5) is 9.18 Å². The second-order valence-corrected chi connectivity index (χ2v) is 8.72. The molecule has 6 rings (SSSR count). The quantitative estimate of drug-likeness (QED) is 0.882. The highest BCUT2D eigenvalue weighted by Crippen LogP contribution is 2.63. The maximum Gasteiger partial charge on any atom is 0.321 e. The largest absolute Gasteiger partial charge is 0.322 e. The third-order valence-electron chi connectivity index (χ3n) is 7.25. The number of nitrogens with one attached hydrogen (secondary N) is 1. The Hall–Kier alpha value is -2.40. The van der Waals surface area contributed by atoms with Crippen molar-refractivity contribution in [2.75, 3.05) is 20.6 Å². The summed E-state index contributed by atoms with van der Waals surface area (Å²) in [6, 6.07) is 14.8. The van der Waals surface area contributed by atoms with Crippen molar-refractivity contribution in [3.05, 3.63) is 71.0 Å². The molecule has 1 atom stereocenters. The lowest BCUT2D eigenvalue weighted by Crippen LogP contribution is -2.83. The normalized spacial score (nSPS) is 30.1. The van der Waals surface area contributed by atoms with E-state index < -0.39 is 0 Å². The van der Waals surface area contributed by atoms with Crippen LogP contribution in [0.15, 0.2) is 48.5 Å². The van der Waals surface area contributed by atoms with E-state index >= 15 is 0 Å². The topological polar surface area (TPSA) is 35.6 Å². The van der Waals surface area contributed by atoms with Gasteiger partial charge in [0.05, 0.1) is 6.04 Å². The Bertz CT molecular complexity index is 906. The summed E-state index contributed by atoms with van der Waals surface area (Å²) in [7, 11) is 3.96. The van der Waals surface area contributed by atoms with E-state index in [1.807, 2.05) is 36.0 Å².